The summed E-state index contributed by atoms with van der Waals surface area (Å²) < 4.78 is 1.70. The van der Waals surface area contributed by atoms with Gasteiger partial charge in [0.15, 0.2) is 5.82 Å². The van der Waals surface area contributed by atoms with E-state index in [2.05, 4.69) is 20.3 Å². The van der Waals surface area contributed by atoms with Gasteiger partial charge in [-0.25, -0.2) is 9.67 Å². The Morgan fingerprint density at radius 2 is 2.19 bits per heavy atom. The monoisotopic (exact) mass is 390 g/mol. The minimum atomic E-state index is -0.498. The molecule has 1 unspecified atom stereocenters. The molecule has 27 heavy (non-hydrogen) atoms. The number of nitrogens with zero attached hydrogens (tertiary/aromatic N) is 4. The Morgan fingerprint density at radius 3 is 2.89 bits per heavy atom. The van der Waals surface area contributed by atoms with Crippen molar-refractivity contribution < 1.29 is 9.59 Å². The zero-order chi connectivity index (χ0) is 19.4. The van der Waals surface area contributed by atoms with E-state index in [1.807, 2.05) is 31.2 Å². The second-order valence-electron chi connectivity index (χ2n) is 6.48. The Hall–Kier alpha value is -2.45. The van der Waals surface area contributed by atoms with Crippen molar-refractivity contribution in [2.45, 2.75) is 32.4 Å². The van der Waals surface area contributed by atoms with Crippen LogP contribution in [0, 0.1) is 0 Å². The molecule has 2 heterocycles. The molecule has 1 aliphatic rings. The molecule has 3 N–H and O–H groups in total. The molecule has 8 nitrogen and oxygen atoms in total. The Morgan fingerprint density at radius 1 is 1.41 bits per heavy atom. The van der Waals surface area contributed by atoms with Crippen LogP contribution in [0.1, 0.15) is 24.1 Å². The number of hydrogen-bond acceptors (Lipinski definition) is 5. The third-order valence-corrected chi connectivity index (χ3v) is 4.99. The summed E-state index contributed by atoms with van der Waals surface area (Å²) in [6.07, 6.45) is 0.354. The molecule has 0 aliphatic carbocycles. The second kappa shape index (κ2) is 8.49. The van der Waals surface area contributed by atoms with Gasteiger partial charge >= 0.3 is 0 Å². The van der Waals surface area contributed by atoms with Crippen molar-refractivity contribution in [1.82, 2.24) is 25.0 Å². The maximum Gasteiger partial charge on any atom is 0.237 e. The molecule has 1 saturated heterocycles. The Labute approximate surface area is 162 Å². The van der Waals surface area contributed by atoms with Crippen LogP contribution in [0.5, 0.6) is 0 Å². The zero-order valence-electron chi connectivity index (χ0n) is 15.2. The largest absolute Gasteiger partial charge is 0.369 e. The normalized spacial score (nSPS) is 17.7. The standard InChI is InChI=1S/C18H23ClN6O2/c1-2-24-8-7-21-18(27)14(24)9-17-22-16(10-15(20)26)23-25(17)11-12-5-3-4-6-13(12)19/h3-6,14H,2,7-11H2,1H3,(H2,20,26)(H,21,27). The average molecular weight is 391 g/mol. The fraction of sp³-hybridized carbons (Fsp3) is 0.444. The number of aromatic nitrogens is 3. The van der Waals surface area contributed by atoms with Crippen LogP contribution in [0.25, 0.3) is 0 Å². The number of carbonyl (C=O) groups is 2. The second-order valence-corrected chi connectivity index (χ2v) is 6.88. The average Bonchev–Trinajstić information content (AvgIpc) is 2.99. The first-order valence-electron chi connectivity index (χ1n) is 8.94. The predicted octanol–water partition coefficient (Wildman–Crippen LogP) is 0.370. The number of halogens is 1. The molecule has 3 rings (SSSR count). The molecule has 0 bridgehead atoms. The van der Waals surface area contributed by atoms with Gasteiger partial charge in [-0.3, -0.25) is 14.5 Å². The summed E-state index contributed by atoms with van der Waals surface area (Å²) in [7, 11) is 0. The highest BCUT2D eigenvalue weighted by Gasteiger charge is 2.30. The molecular weight excluding hydrogens is 368 g/mol. The lowest BCUT2D eigenvalue weighted by molar-refractivity contribution is -0.129. The molecule has 1 aromatic carbocycles. The SMILES string of the molecule is CCN1CCNC(=O)C1Cc1nc(CC(N)=O)nn1Cc1ccccc1Cl. The van der Waals surface area contributed by atoms with Gasteiger partial charge in [0.1, 0.15) is 5.82 Å². The summed E-state index contributed by atoms with van der Waals surface area (Å²) in [5.41, 5.74) is 6.17. The molecule has 144 valence electrons. The van der Waals surface area contributed by atoms with E-state index in [-0.39, 0.29) is 18.4 Å². The smallest absolute Gasteiger partial charge is 0.237 e. The van der Waals surface area contributed by atoms with Crippen LogP contribution in [0.3, 0.4) is 0 Å². The first-order chi connectivity index (χ1) is 13.0. The summed E-state index contributed by atoms with van der Waals surface area (Å²) in [4.78, 5) is 30.2. The van der Waals surface area contributed by atoms with Gasteiger partial charge in [-0.1, -0.05) is 36.7 Å². The van der Waals surface area contributed by atoms with Crippen molar-refractivity contribution in [3.05, 3.63) is 46.5 Å². The maximum absolute atomic E-state index is 12.4. The Kier molecular flexibility index (Phi) is 6.08. The van der Waals surface area contributed by atoms with E-state index in [0.717, 1.165) is 18.7 Å². The molecule has 0 radical (unpaired) electrons. The fourth-order valence-corrected chi connectivity index (χ4v) is 3.45. The molecule has 2 aromatic rings. The molecule has 1 aliphatic heterocycles. The molecular formula is C18H23ClN6O2. The summed E-state index contributed by atoms with van der Waals surface area (Å²) >= 11 is 6.27. The lowest BCUT2D eigenvalue weighted by Gasteiger charge is -2.33. The molecule has 9 heteroatoms. The van der Waals surface area contributed by atoms with E-state index in [1.165, 1.54) is 0 Å². The van der Waals surface area contributed by atoms with Gasteiger partial charge in [0.2, 0.25) is 11.8 Å². The number of rotatable bonds is 7. The number of benzene rings is 1. The van der Waals surface area contributed by atoms with Gasteiger partial charge in [0, 0.05) is 24.5 Å². The van der Waals surface area contributed by atoms with Gasteiger partial charge in [0.25, 0.3) is 0 Å². The van der Waals surface area contributed by atoms with E-state index in [1.54, 1.807) is 4.68 Å². The molecule has 1 fully saturated rings. The summed E-state index contributed by atoms with van der Waals surface area (Å²) in [5, 5.41) is 7.95. The van der Waals surface area contributed by atoms with Crippen LogP contribution >= 0.6 is 11.6 Å². The van der Waals surface area contributed by atoms with Crippen LogP contribution in [-0.2, 0) is 29.0 Å². The van der Waals surface area contributed by atoms with E-state index in [4.69, 9.17) is 17.3 Å². The number of amides is 2. The van der Waals surface area contributed by atoms with Crippen molar-refractivity contribution >= 4 is 23.4 Å². The highest BCUT2D eigenvalue weighted by atomic mass is 35.5. The van der Waals surface area contributed by atoms with E-state index >= 15 is 0 Å². The van der Waals surface area contributed by atoms with Crippen molar-refractivity contribution in [3.8, 4) is 0 Å². The lowest BCUT2D eigenvalue weighted by Crippen LogP contribution is -2.56. The molecule has 1 atom stereocenters. The minimum Gasteiger partial charge on any atom is -0.369 e. The first-order valence-corrected chi connectivity index (χ1v) is 9.31. The minimum absolute atomic E-state index is 0.0214. The molecule has 0 spiro atoms. The van der Waals surface area contributed by atoms with Gasteiger partial charge in [-0.05, 0) is 18.2 Å². The van der Waals surface area contributed by atoms with E-state index in [9.17, 15) is 9.59 Å². The number of piperazine rings is 1. The third-order valence-electron chi connectivity index (χ3n) is 4.63. The summed E-state index contributed by atoms with van der Waals surface area (Å²) in [5.74, 6) is 0.462. The summed E-state index contributed by atoms with van der Waals surface area (Å²) in [6.45, 7) is 4.63. The maximum atomic E-state index is 12.4. The lowest BCUT2D eigenvalue weighted by atomic mass is 10.1. The Bertz CT molecular complexity index is 837. The third kappa shape index (κ3) is 4.64. The number of carbonyl (C=O) groups excluding carboxylic acids is 2. The number of hydrogen-bond donors (Lipinski definition) is 2. The Balaban J connectivity index is 1.90. The molecule has 2 amide bonds. The molecule has 1 aromatic heterocycles. The van der Waals surface area contributed by atoms with Crippen molar-refractivity contribution in [1.29, 1.82) is 0 Å². The highest BCUT2D eigenvalue weighted by Crippen LogP contribution is 2.18. The number of primary amides is 1. The highest BCUT2D eigenvalue weighted by molar-refractivity contribution is 6.31. The van der Waals surface area contributed by atoms with Crippen LogP contribution < -0.4 is 11.1 Å². The molecule has 0 saturated carbocycles. The van der Waals surface area contributed by atoms with Crippen LogP contribution in [0.2, 0.25) is 5.02 Å². The van der Waals surface area contributed by atoms with Gasteiger partial charge < -0.3 is 11.1 Å². The van der Waals surface area contributed by atoms with Gasteiger partial charge in [0.05, 0.1) is 19.0 Å². The first kappa shape index (κ1) is 19.3. The number of likely N-dealkylation sites (N-methyl/N-ethyl adjacent to an activating group) is 1. The van der Waals surface area contributed by atoms with Crippen LogP contribution in [0.15, 0.2) is 24.3 Å². The van der Waals surface area contributed by atoms with E-state index in [0.29, 0.717) is 36.2 Å². The van der Waals surface area contributed by atoms with Gasteiger partial charge in [-0.2, -0.15) is 5.10 Å². The predicted molar refractivity (Wildman–Crippen MR) is 101 cm³/mol. The number of nitrogens with one attached hydrogen (secondary N) is 1. The van der Waals surface area contributed by atoms with Crippen LogP contribution in [-0.4, -0.2) is 57.2 Å². The van der Waals surface area contributed by atoms with E-state index < -0.39 is 5.91 Å². The fourth-order valence-electron chi connectivity index (χ4n) is 3.26. The van der Waals surface area contributed by atoms with Crippen molar-refractivity contribution in [3.63, 3.8) is 0 Å². The van der Waals surface area contributed by atoms with Crippen molar-refractivity contribution in [2.24, 2.45) is 5.73 Å². The van der Waals surface area contributed by atoms with Gasteiger partial charge in [-0.15, -0.1) is 0 Å². The van der Waals surface area contributed by atoms with Crippen LogP contribution in [0.4, 0.5) is 0 Å². The topological polar surface area (TPSA) is 106 Å². The number of nitrogens with two attached hydrogens (primary N) is 1. The van der Waals surface area contributed by atoms with Crippen molar-refractivity contribution in [2.75, 3.05) is 19.6 Å². The zero-order valence-corrected chi connectivity index (χ0v) is 15.9. The summed E-state index contributed by atoms with van der Waals surface area (Å²) in [6, 6.07) is 7.16. The quantitative estimate of drug-likeness (QED) is 0.710.